The molecule has 0 radical (unpaired) electrons. The number of pyridine rings is 1. The number of nitrogens with one attached hydrogen (secondary N) is 1. The van der Waals surface area contributed by atoms with Crippen molar-refractivity contribution in [2.75, 3.05) is 39.5 Å². The number of aromatic nitrogens is 2. The van der Waals surface area contributed by atoms with E-state index in [0.29, 0.717) is 37.4 Å². The Morgan fingerprint density at radius 3 is 2.58 bits per heavy atom. The van der Waals surface area contributed by atoms with Gasteiger partial charge in [-0.2, -0.15) is 0 Å². The lowest BCUT2D eigenvalue weighted by atomic mass is 9.88. The molecule has 2 atom stereocenters. The summed E-state index contributed by atoms with van der Waals surface area (Å²) < 4.78 is 77.6. The average Bonchev–Trinajstić information content (AvgIpc) is 3.14. The quantitative estimate of drug-likeness (QED) is 0.430. The molecule has 36 heavy (non-hydrogen) atoms. The number of hydrogen-bond donors (Lipinski definition) is 1. The summed E-state index contributed by atoms with van der Waals surface area (Å²) in [4.78, 5) is 10.9. The standard InChI is InChI=1S/C26H29F5N4O/c1-15-8-19-18-4-3-5-32-25(18)33-23(19)24(35(15)14-26(2,30)31)22-20(28)9-17(10-21(22)29)36-7-6-34-12-16(11-27)13-34/h3-5,9-10,15-16,24H,6-8,11-14H2,1-2H3,(H,32,33). The third-order valence-corrected chi connectivity index (χ3v) is 7.10. The largest absolute Gasteiger partial charge is 0.492 e. The van der Waals surface area contributed by atoms with Crippen LogP contribution in [0.3, 0.4) is 0 Å². The van der Waals surface area contributed by atoms with Gasteiger partial charge in [0, 0.05) is 73.5 Å². The number of fused-ring (bicyclic) bond motifs is 3. The highest BCUT2D eigenvalue weighted by atomic mass is 19.3. The molecule has 0 bridgehead atoms. The van der Waals surface area contributed by atoms with E-state index >= 15 is 8.78 Å². The van der Waals surface area contributed by atoms with Gasteiger partial charge in [-0.15, -0.1) is 0 Å². The first-order chi connectivity index (χ1) is 17.1. The highest BCUT2D eigenvalue weighted by Crippen LogP contribution is 2.43. The van der Waals surface area contributed by atoms with Crippen molar-refractivity contribution in [2.45, 2.75) is 38.3 Å². The fourth-order valence-corrected chi connectivity index (χ4v) is 5.42. The molecule has 2 unspecified atom stereocenters. The Bertz CT molecular complexity index is 1210. The molecule has 194 valence electrons. The average molecular weight is 509 g/mol. The Morgan fingerprint density at radius 1 is 1.19 bits per heavy atom. The Morgan fingerprint density at radius 2 is 1.92 bits per heavy atom. The van der Waals surface area contributed by atoms with E-state index in [-0.39, 0.29) is 30.5 Å². The van der Waals surface area contributed by atoms with E-state index in [1.54, 1.807) is 19.2 Å². The van der Waals surface area contributed by atoms with Gasteiger partial charge in [-0.1, -0.05) is 0 Å². The Hall–Kier alpha value is -2.72. The monoisotopic (exact) mass is 508 g/mol. The van der Waals surface area contributed by atoms with Crippen molar-refractivity contribution >= 4 is 11.0 Å². The molecule has 0 spiro atoms. The predicted octanol–water partition coefficient (Wildman–Crippen LogP) is 5.11. The summed E-state index contributed by atoms with van der Waals surface area (Å²) in [6.07, 6.45) is 2.05. The molecule has 5 nitrogen and oxygen atoms in total. The molecular weight excluding hydrogens is 479 g/mol. The SMILES string of the molecule is CC1Cc2c([nH]c3ncccc23)C(c2c(F)cc(OCCN3CC(CF)C3)cc2F)N1CC(C)(F)F. The number of ether oxygens (including phenoxy) is 1. The van der Waals surface area contributed by atoms with Gasteiger partial charge in [0.05, 0.1) is 19.3 Å². The number of aromatic amines is 1. The third-order valence-electron chi connectivity index (χ3n) is 7.10. The van der Waals surface area contributed by atoms with Gasteiger partial charge in [0.2, 0.25) is 0 Å². The summed E-state index contributed by atoms with van der Waals surface area (Å²) in [7, 11) is 0. The van der Waals surface area contributed by atoms with Crippen molar-refractivity contribution in [3.05, 3.63) is 58.9 Å². The van der Waals surface area contributed by atoms with Gasteiger partial charge in [0.15, 0.2) is 0 Å². The van der Waals surface area contributed by atoms with Crippen molar-refractivity contribution in [3.63, 3.8) is 0 Å². The highest BCUT2D eigenvalue weighted by molar-refractivity contribution is 5.82. The summed E-state index contributed by atoms with van der Waals surface area (Å²) in [5, 5.41) is 0.814. The topological polar surface area (TPSA) is 44.4 Å². The van der Waals surface area contributed by atoms with E-state index in [4.69, 9.17) is 4.74 Å². The smallest absolute Gasteiger partial charge is 0.257 e. The number of halogens is 5. The van der Waals surface area contributed by atoms with Crippen molar-refractivity contribution < 1.29 is 26.7 Å². The molecule has 2 aromatic heterocycles. The van der Waals surface area contributed by atoms with Gasteiger partial charge in [0.1, 0.15) is 29.6 Å². The molecule has 1 aromatic carbocycles. The molecule has 5 rings (SSSR count). The second-order valence-electron chi connectivity index (χ2n) is 10.0. The molecule has 1 N–H and O–H groups in total. The second kappa shape index (κ2) is 9.63. The van der Waals surface area contributed by atoms with Crippen LogP contribution in [0.2, 0.25) is 0 Å². The fraction of sp³-hybridized carbons (Fsp3) is 0.500. The first kappa shape index (κ1) is 25.0. The van der Waals surface area contributed by atoms with Gasteiger partial charge in [-0.25, -0.2) is 22.5 Å². The van der Waals surface area contributed by atoms with Crippen LogP contribution in [0.1, 0.15) is 36.7 Å². The van der Waals surface area contributed by atoms with E-state index in [9.17, 15) is 13.2 Å². The number of rotatable bonds is 8. The van der Waals surface area contributed by atoms with Crippen LogP contribution in [0.15, 0.2) is 30.5 Å². The Kier molecular flexibility index (Phi) is 6.67. The van der Waals surface area contributed by atoms with Gasteiger partial charge in [-0.05, 0) is 31.0 Å². The van der Waals surface area contributed by atoms with Gasteiger partial charge < -0.3 is 9.72 Å². The van der Waals surface area contributed by atoms with E-state index in [1.165, 1.54) is 4.90 Å². The van der Waals surface area contributed by atoms with Crippen LogP contribution >= 0.6 is 0 Å². The number of likely N-dealkylation sites (tertiary alicyclic amines) is 1. The van der Waals surface area contributed by atoms with Crippen molar-refractivity contribution in [1.82, 2.24) is 19.8 Å². The molecule has 10 heteroatoms. The summed E-state index contributed by atoms with van der Waals surface area (Å²) >= 11 is 0. The number of H-pyrrole nitrogens is 1. The molecule has 1 fully saturated rings. The fourth-order valence-electron chi connectivity index (χ4n) is 5.42. The van der Waals surface area contributed by atoms with Crippen LogP contribution in [-0.2, 0) is 6.42 Å². The van der Waals surface area contributed by atoms with Gasteiger partial charge in [0.25, 0.3) is 5.92 Å². The second-order valence-corrected chi connectivity index (χ2v) is 10.0. The zero-order valence-electron chi connectivity index (χ0n) is 20.2. The van der Waals surface area contributed by atoms with Crippen LogP contribution in [0.25, 0.3) is 11.0 Å². The van der Waals surface area contributed by atoms with E-state index in [1.807, 2.05) is 11.0 Å². The Labute approximate surface area is 206 Å². The van der Waals surface area contributed by atoms with Crippen molar-refractivity contribution in [1.29, 1.82) is 0 Å². The molecule has 4 heterocycles. The normalized spacial score (nSPS) is 21.5. The van der Waals surface area contributed by atoms with Crippen LogP contribution in [0, 0.1) is 17.6 Å². The summed E-state index contributed by atoms with van der Waals surface area (Å²) in [6, 6.07) is 4.35. The van der Waals surface area contributed by atoms with E-state index < -0.39 is 36.2 Å². The minimum atomic E-state index is -3.07. The summed E-state index contributed by atoms with van der Waals surface area (Å²) in [5.74, 6) is -4.74. The molecule has 0 saturated carbocycles. The maximum Gasteiger partial charge on any atom is 0.257 e. The van der Waals surface area contributed by atoms with Crippen molar-refractivity contribution in [3.8, 4) is 5.75 Å². The maximum atomic E-state index is 15.5. The maximum absolute atomic E-state index is 15.5. The molecule has 0 aliphatic carbocycles. The van der Waals surface area contributed by atoms with Gasteiger partial charge >= 0.3 is 0 Å². The Balaban J connectivity index is 1.47. The lowest BCUT2D eigenvalue weighted by Crippen LogP contribution is -2.49. The lowest BCUT2D eigenvalue weighted by molar-refractivity contribution is -0.0374. The molecule has 1 saturated heterocycles. The minimum Gasteiger partial charge on any atom is -0.492 e. The zero-order chi connectivity index (χ0) is 25.6. The van der Waals surface area contributed by atoms with Crippen LogP contribution in [-0.4, -0.2) is 71.2 Å². The molecule has 0 amide bonds. The van der Waals surface area contributed by atoms with Crippen LogP contribution in [0.5, 0.6) is 5.75 Å². The third kappa shape index (κ3) is 4.80. The number of alkyl halides is 3. The number of benzene rings is 1. The van der Waals surface area contributed by atoms with Crippen molar-refractivity contribution in [2.24, 2.45) is 5.92 Å². The van der Waals surface area contributed by atoms with E-state index in [2.05, 4.69) is 9.97 Å². The highest BCUT2D eigenvalue weighted by Gasteiger charge is 2.42. The molecular formula is C26H29F5N4O. The summed E-state index contributed by atoms with van der Waals surface area (Å²) in [5.41, 5.74) is 1.54. The molecule has 2 aliphatic heterocycles. The molecule has 3 aromatic rings. The first-order valence-corrected chi connectivity index (χ1v) is 12.1. The van der Waals surface area contributed by atoms with Gasteiger partial charge in [-0.3, -0.25) is 14.2 Å². The van der Waals surface area contributed by atoms with Crippen LogP contribution in [0.4, 0.5) is 22.0 Å². The number of nitrogens with zero attached hydrogens (tertiary/aromatic N) is 3. The minimum absolute atomic E-state index is 0.0195. The zero-order valence-corrected chi connectivity index (χ0v) is 20.2. The lowest BCUT2D eigenvalue weighted by Gasteiger charge is -2.42. The van der Waals surface area contributed by atoms with E-state index in [0.717, 1.165) is 30.0 Å². The molecule has 2 aliphatic rings. The summed E-state index contributed by atoms with van der Waals surface area (Å²) in [6.45, 7) is 3.57. The number of hydrogen-bond acceptors (Lipinski definition) is 4. The first-order valence-electron chi connectivity index (χ1n) is 12.1. The predicted molar refractivity (Wildman–Crippen MR) is 126 cm³/mol. The van der Waals surface area contributed by atoms with Crippen LogP contribution < -0.4 is 4.74 Å².